The van der Waals surface area contributed by atoms with E-state index >= 15 is 0 Å². The van der Waals surface area contributed by atoms with Crippen LogP contribution in [-0.4, -0.2) is 16.2 Å². The number of rotatable bonds is 3. The highest BCUT2D eigenvalue weighted by Crippen LogP contribution is 2.35. The van der Waals surface area contributed by atoms with Crippen molar-refractivity contribution in [3.8, 4) is 11.6 Å². The Morgan fingerprint density at radius 2 is 1.85 bits per heavy atom. The molecule has 3 aromatic rings. The predicted molar refractivity (Wildman–Crippen MR) is 85.2 cm³/mol. The largest absolute Gasteiger partial charge is 0.438 e. The topological polar surface area (TPSA) is 35.0 Å². The van der Waals surface area contributed by atoms with Crippen LogP contribution < -0.4 is 4.74 Å². The van der Waals surface area contributed by atoms with Crippen molar-refractivity contribution in [2.75, 3.05) is 6.26 Å². The summed E-state index contributed by atoms with van der Waals surface area (Å²) in [6, 6.07) is 8.02. The Kier molecular flexibility index (Phi) is 3.63. The van der Waals surface area contributed by atoms with Crippen molar-refractivity contribution in [1.29, 1.82) is 0 Å². The van der Waals surface area contributed by atoms with E-state index in [-0.39, 0.29) is 0 Å². The number of thiophene rings is 1. The van der Waals surface area contributed by atoms with E-state index in [4.69, 9.17) is 4.74 Å². The van der Waals surface area contributed by atoms with Crippen LogP contribution in [0.4, 0.5) is 0 Å². The third-order valence-corrected chi connectivity index (χ3v) is 5.06. The number of ether oxygens (including phenoxy) is 1. The Hall–Kier alpha value is -1.59. The van der Waals surface area contributed by atoms with Crippen LogP contribution in [0, 0.1) is 13.8 Å². The number of hydrogen-bond acceptors (Lipinski definition) is 5. The molecule has 5 heteroatoms. The van der Waals surface area contributed by atoms with Gasteiger partial charge in [0.25, 0.3) is 0 Å². The standard InChI is InChI=1S/C15H14N2OS2/c1-9-10(2)20-15-13(9)14(16-8-17-15)18-11-4-6-12(19-3)7-5-11/h4-8H,1-3H3. The molecule has 2 aromatic heterocycles. The highest BCUT2D eigenvalue weighted by molar-refractivity contribution is 7.98. The van der Waals surface area contributed by atoms with Crippen molar-refractivity contribution in [3.05, 3.63) is 41.0 Å². The summed E-state index contributed by atoms with van der Waals surface area (Å²) in [5.74, 6) is 1.43. The summed E-state index contributed by atoms with van der Waals surface area (Å²) in [6.45, 7) is 4.18. The molecule has 2 heterocycles. The number of aryl methyl sites for hydroxylation is 2. The quantitative estimate of drug-likeness (QED) is 0.650. The molecule has 0 amide bonds. The van der Waals surface area contributed by atoms with Crippen molar-refractivity contribution < 1.29 is 4.74 Å². The molecule has 1 aromatic carbocycles. The SMILES string of the molecule is CSc1ccc(Oc2ncnc3sc(C)c(C)c23)cc1. The Bertz CT molecular complexity index is 750. The van der Waals surface area contributed by atoms with Gasteiger partial charge in [-0.3, -0.25) is 0 Å². The van der Waals surface area contributed by atoms with Gasteiger partial charge in [-0.25, -0.2) is 9.97 Å². The number of fused-ring (bicyclic) bond motifs is 1. The summed E-state index contributed by atoms with van der Waals surface area (Å²) in [5.41, 5.74) is 1.20. The fourth-order valence-electron chi connectivity index (χ4n) is 1.98. The Morgan fingerprint density at radius 1 is 1.10 bits per heavy atom. The van der Waals surface area contributed by atoms with Crippen molar-refractivity contribution >= 4 is 33.3 Å². The first-order chi connectivity index (χ1) is 9.69. The summed E-state index contributed by atoms with van der Waals surface area (Å²) >= 11 is 3.39. The van der Waals surface area contributed by atoms with Gasteiger partial charge in [0, 0.05) is 9.77 Å². The van der Waals surface area contributed by atoms with Crippen LogP contribution in [0.25, 0.3) is 10.2 Å². The van der Waals surface area contributed by atoms with Crippen LogP contribution in [0.3, 0.4) is 0 Å². The highest BCUT2D eigenvalue weighted by atomic mass is 32.2. The number of thioether (sulfide) groups is 1. The molecule has 0 unspecified atom stereocenters. The van der Waals surface area contributed by atoms with E-state index in [9.17, 15) is 0 Å². The van der Waals surface area contributed by atoms with Crippen molar-refractivity contribution in [3.63, 3.8) is 0 Å². The molecule has 0 aliphatic heterocycles. The molecule has 3 rings (SSSR count). The lowest BCUT2D eigenvalue weighted by atomic mass is 10.2. The maximum Gasteiger partial charge on any atom is 0.231 e. The van der Waals surface area contributed by atoms with E-state index in [0.29, 0.717) is 5.88 Å². The fraction of sp³-hybridized carbons (Fsp3) is 0.200. The number of benzene rings is 1. The molecule has 0 aliphatic rings. The molecule has 0 radical (unpaired) electrons. The molecular weight excluding hydrogens is 288 g/mol. The molecular formula is C15H14N2OS2. The molecule has 3 nitrogen and oxygen atoms in total. The summed E-state index contributed by atoms with van der Waals surface area (Å²) < 4.78 is 5.93. The minimum atomic E-state index is 0.633. The van der Waals surface area contributed by atoms with Crippen LogP contribution in [0.1, 0.15) is 10.4 Å². The van der Waals surface area contributed by atoms with Gasteiger partial charge in [0.05, 0.1) is 5.39 Å². The minimum absolute atomic E-state index is 0.633. The van der Waals surface area contributed by atoms with E-state index in [0.717, 1.165) is 16.0 Å². The zero-order valence-electron chi connectivity index (χ0n) is 11.5. The molecule has 0 atom stereocenters. The molecule has 0 N–H and O–H groups in total. The zero-order valence-corrected chi connectivity index (χ0v) is 13.1. The van der Waals surface area contributed by atoms with E-state index in [1.807, 2.05) is 24.3 Å². The first-order valence-electron chi connectivity index (χ1n) is 6.21. The minimum Gasteiger partial charge on any atom is -0.438 e. The molecule has 0 saturated carbocycles. The van der Waals surface area contributed by atoms with Crippen LogP contribution in [0.2, 0.25) is 0 Å². The average Bonchev–Trinajstić information content (AvgIpc) is 2.76. The number of nitrogens with zero attached hydrogens (tertiary/aromatic N) is 2. The van der Waals surface area contributed by atoms with Crippen molar-refractivity contribution in [2.45, 2.75) is 18.7 Å². The lowest BCUT2D eigenvalue weighted by Crippen LogP contribution is -1.90. The van der Waals surface area contributed by atoms with Gasteiger partial charge in [-0.1, -0.05) is 0 Å². The van der Waals surface area contributed by atoms with E-state index < -0.39 is 0 Å². The van der Waals surface area contributed by atoms with Gasteiger partial charge in [-0.2, -0.15) is 0 Å². The Labute approximate surface area is 126 Å². The molecule has 0 bridgehead atoms. The Morgan fingerprint density at radius 3 is 2.55 bits per heavy atom. The number of hydrogen-bond donors (Lipinski definition) is 0. The second kappa shape index (κ2) is 5.42. The molecule has 0 saturated heterocycles. The van der Waals surface area contributed by atoms with E-state index in [2.05, 4.69) is 30.1 Å². The molecule has 0 fully saturated rings. The van der Waals surface area contributed by atoms with E-state index in [1.165, 1.54) is 15.3 Å². The second-order valence-electron chi connectivity index (χ2n) is 4.42. The zero-order chi connectivity index (χ0) is 14.1. The maximum absolute atomic E-state index is 5.93. The number of aromatic nitrogens is 2. The monoisotopic (exact) mass is 302 g/mol. The first kappa shape index (κ1) is 13.4. The fourth-order valence-corrected chi connectivity index (χ4v) is 3.38. The second-order valence-corrected chi connectivity index (χ2v) is 6.50. The third-order valence-electron chi connectivity index (χ3n) is 3.20. The predicted octanol–water partition coefficient (Wildman–Crippen LogP) is 4.82. The van der Waals surface area contributed by atoms with Gasteiger partial charge in [-0.15, -0.1) is 23.1 Å². The van der Waals surface area contributed by atoms with Gasteiger partial charge < -0.3 is 4.74 Å². The normalized spacial score (nSPS) is 10.9. The molecule has 20 heavy (non-hydrogen) atoms. The summed E-state index contributed by atoms with van der Waals surface area (Å²) in [4.78, 5) is 12.0. The van der Waals surface area contributed by atoms with Gasteiger partial charge >= 0.3 is 0 Å². The van der Waals surface area contributed by atoms with Crippen molar-refractivity contribution in [1.82, 2.24) is 9.97 Å². The maximum atomic E-state index is 5.93. The van der Waals surface area contributed by atoms with E-state index in [1.54, 1.807) is 29.4 Å². The average molecular weight is 302 g/mol. The molecule has 0 aliphatic carbocycles. The van der Waals surface area contributed by atoms with Gasteiger partial charge in [0.2, 0.25) is 5.88 Å². The molecule has 0 spiro atoms. The smallest absolute Gasteiger partial charge is 0.231 e. The summed E-state index contributed by atoms with van der Waals surface area (Å²) in [6.07, 6.45) is 3.62. The third kappa shape index (κ3) is 2.39. The first-order valence-corrected chi connectivity index (χ1v) is 8.26. The van der Waals surface area contributed by atoms with Crippen LogP contribution >= 0.6 is 23.1 Å². The summed E-state index contributed by atoms with van der Waals surface area (Å²) in [7, 11) is 0. The van der Waals surface area contributed by atoms with Gasteiger partial charge in [0.1, 0.15) is 16.9 Å². The lowest BCUT2D eigenvalue weighted by Gasteiger charge is -2.06. The molecule has 102 valence electrons. The van der Waals surface area contributed by atoms with Crippen LogP contribution in [0.5, 0.6) is 11.6 Å². The van der Waals surface area contributed by atoms with Crippen LogP contribution in [0.15, 0.2) is 35.5 Å². The summed E-state index contributed by atoms with van der Waals surface area (Å²) in [5, 5.41) is 1.02. The lowest BCUT2D eigenvalue weighted by molar-refractivity contribution is 0.468. The Balaban J connectivity index is 2.01. The van der Waals surface area contributed by atoms with Gasteiger partial charge in [0.15, 0.2) is 0 Å². The van der Waals surface area contributed by atoms with Gasteiger partial charge in [-0.05, 0) is 49.9 Å². The van der Waals surface area contributed by atoms with Crippen LogP contribution in [-0.2, 0) is 0 Å². The highest BCUT2D eigenvalue weighted by Gasteiger charge is 2.13. The van der Waals surface area contributed by atoms with Crippen molar-refractivity contribution in [2.24, 2.45) is 0 Å².